The molecule has 1 aliphatic heterocycles. The lowest BCUT2D eigenvalue weighted by Crippen LogP contribution is -2.63. The molecule has 4 rings (SSSR count). The first-order valence-corrected chi connectivity index (χ1v) is 12.3. The van der Waals surface area contributed by atoms with Crippen molar-refractivity contribution in [3.8, 4) is 0 Å². The number of likely N-dealkylation sites (tertiary alicyclic amines) is 1. The molecule has 0 N–H and O–H groups in total. The van der Waals surface area contributed by atoms with Gasteiger partial charge in [-0.15, -0.1) is 0 Å². The fourth-order valence-electron chi connectivity index (χ4n) is 8.44. The van der Waals surface area contributed by atoms with E-state index in [1.165, 1.54) is 0 Å². The lowest BCUT2D eigenvalue weighted by Gasteiger charge is -2.61. The fraction of sp³-hybridized carbons (Fsp3) is 0.880. The molecular formula is C25H40N2O3. The van der Waals surface area contributed by atoms with Gasteiger partial charge in [0.1, 0.15) is 0 Å². The van der Waals surface area contributed by atoms with Gasteiger partial charge < -0.3 is 4.90 Å². The molecule has 4 aliphatic rings. The third kappa shape index (κ3) is 2.97. The van der Waals surface area contributed by atoms with E-state index in [0.29, 0.717) is 30.1 Å². The van der Waals surface area contributed by atoms with E-state index in [-0.39, 0.29) is 34.6 Å². The van der Waals surface area contributed by atoms with Crippen molar-refractivity contribution in [2.45, 2.75) is 92.0 Å². The fourth-order valence-corrected chi connectivity index (χ4v) is 8.44. The van der Waals surface area contributed by atoms with E-state index < -0.39 is 0 Å². The minimum absolute atomic E-state index is 0.0230. The molecule has 0 bridgehead atoms. The van der Waals surface area contributed by atoms with Crippen LogP contribution in [0, 0.1) is 34.5 Å². The van der Waals surface area contributed by atoms with Gasteiger partial charge in [0.2, 0.25) is 17.7 Å². The molecule has 3 saturated carbocycles. The van der Waals surface area contributed by atoms with E-state index in [0.717, 1.165) is 58.0 Å². The quantitative estimate of drug-likeness (QED) is 0.691. The Morgan fingerprint density at radius 1 is 0.967 bits per heavy atom. The summed E-state index contributed by atoms with van der Waals surface area (Å²) < 4.78 is 0. The molecule has 0 radical (unpaired) electrons. The van der Waals surface area contributed by atoms with Crippen LogP contribution in [0.5, 0.6) is 0 Å². The standard InChI is InChI=1S/C25H40N2O3/c1-6-26(7-2)23(30)20-10-9-18-17-8-11-21-25(5,19(17)12-14-24(18,20)4)15-13-22(29)27(21)16(3)28/h17-21H,6-15H2,1-5H3/t17-,18-,19-,20+,21+,24-,25+/m0/s1. The van der Waals surface area contributed by atoms with E-state index in [1.54, 1.807) is 11.8 Å². The molecule has 3 aliphatic carbocycles. The van der Waals surface area contributed by atoms with Gasteiger partial charge in [-0.25, -0.2) is 0 Å². The number of fused-ring (bicyclic) bond motifs is 5. The lowest BCUT2D eigenvalue weighted by molar-refractivity contribution is -0.171. The first-order valence-electron chi connectivity index (χ1n) is 12.3. The largest absolute Gasteiger partial charge is 0.343 e. The van der Waals surface area contributed by atoms with Gasteiger partial charge in [0, 0.05) is 38.4 Å². The van der Waals surface area contributed by atoms with Crippen LogP contribution in [-0.2, 0) is 14.4 Å². The zero-order valence-corrected chi connectivity index (χ0v) is 19.6. The minimum Gasteiger partial charge on any atom is -0.343 e. The van der Waals surface area contributed by atoms with Gasteiger partial charge in [-0.3, -0.25) is 19.3 Å². The molecule has 1 heterocycles. The normalized spacial score (nSPS) is 42.9. The van der Waals surface area contributed by atoms with Crippen molar-refractivity contribution in [1.29, 1.82) is 0 Å². The van der Waals surface area contributed by atoms with Crippen molar-refractivity contribution in [2.75, 3.05) is 13.1 Å². The lowest BCUT2D eigenvalue weighted by atomic mass is 9.46. The Kier molecular flexibility index (Phi) is 5.55. The number of nitrogens with zero attached hydrogens (tertiary/aromatic N) is 2. The van der Waals surface area contributed by atoms with Gasteiger partial charge in [-0.05, 0) is 87.4 Å². The number of hydrogen-bond donors (Lipinski definition) is 0. The Morgan fingerprint density at radius 3 is 2.27 bits per heavy atom. The Bertz CT molecular complexity index is 732. The van der Waals surface area contributed by atoms with Crippen molar-refractivity contribution in [1.82, 2.24) is 9.80 Å². The highest BCUT2D eigenvalue weighted by atomic mass is 16.2. The molecular weight excluding hydrogens is 376 g/mol. The average molecular weight is 417 g/mol. The summed E-state index contributed by atoms with van der Waals surface area (Å²) in [5, 5.41) is 0. The third-order valence-corrected chi connectivity index (χ3v) is 9.99. The molecule has 0 aromatic carbocycles. The molecule has 5 heteroatoms. The van der Waals surface area contributed by atoms with Crippen molar-refractivity contribution >= 4 is 17.7 Å². The topological polar surface area (TPSA) is 57.7 Å². The highest BCUT2D eigenvalue weighted by molar-refractivity contribution is 5.95. The Balaban J connectivity index is 1.60. The summed E-state index contributed by atoms with van der Waals surface area (Å²) in [6.07, 6.45) is 7.86. The van der Waals surface area contributed by atoms with Gasteiger partial charge in [0.15, 0.2) is 0 Å². The SMILES string of the molecule is CCN(CC)C(=O)[C@H]1CC[C@H]2[C@@H]3CC[C@H]4N(C(C)=O)C(=O)CC[C@]4(C)[C@H]3CC[C@]12C. The van der Waals surface area contributed by atoms with Gasteiger partial charge in [0.05, 0.1) is 0 Å². The Hall–Kier alpha value is -1.39. The number of amides is 3. The predicted octanol–water partition coefficient (Wildman–Crippen LogP) is 4.25. The van der Waals surface area contributed by atoms with Crippen molar-refractivity contribution < 1.29 is 14.4 Å². The van der Waals surface area contributed by atoms with E-state index >= 15 is 0 Å². The second-order valence-corrected chi connectivity index (χ2v) is 10.9. The van der Waals surface area contributed by atoms with Crippen LogP contribution in [0.25, 0.3) is 0 Å². The monoisotopic (exact) mass is 416 g/mol. The number of carbonyl (C=O) groups excluding carboxylic acids is 3. The van der Waals surface area contributed by atoms with Crippen molar-refractivity contribution in [2.24, 2.45) is 34.5 Å². The molecule has 7 atom stereocenters. The molecule has 5 nitrogen and oxygen atoms in total. The van der Waals surface area contributed by atoms with E-state index in [9.17, 15) is 14.4 Å². The summed E-state index contributed by atoms with van der Waals surface area (Å²) in [5.41, 5.74) is 0.138. The van der Waals surface area contributed by atoms with Crippen LogP contribution in [0.4, 0.5) is 0 Å². The summed E-state index contributed by atoms with van der Waals surface area (Å²) in [4.78, 5) is 41.8. The summed E-state index contributed by atoms with van der Waals surface area (Å²) >= 11 is 0. The van der Waals surface area contributed by atoms with Crippen LogP contribution in [0.3, 0.4) is 0 Å². The molecule has 0 aromatic rings. The van der Waals surface area contributed by atoms with E-state index in [1.807, 2.05) is 4.90 Å². The van der Waals surface area contributed by atoms with Crippen LogP contribution in [0.2, 0.25) is 0 Å². The van der Waals surface area contributed by atoms with E-state index in [2.05, 4.69) is 27.7 Å². The predicted molar refractivity (Wildman–Crippen MR) is 116 cm³/mol. The zero-order valence-electron chi connectivity index (χ0n) is 19.6. The average Bonchev–Trinajstić information content (AvgIpc) is 3.06. The van der Waals surface area contributed by atoms with Gasteiger partial charge in [-0.2, -0.15) is 0 Å². The second kappa shape index (κ2) is 7.63. The van der Waals surface area contributed by atoms with Crippen LogP contribution >= 0.6 is 0 Å². The summed E-state index contributed by atoms with van der Waals surface area (Å²) in [7, 11) is 0. The van der Waals surface area contributed by atoms with Gasteiger partial charge in [-0.1, -0.05) is 13.8 Å². The Labute approximate surface area is 181 Å². The number of imide groups is 1. The first kappa shape index (κ1) is 21.8. The molecule has 0 aromatic heterocycles. The van der Waals surface area contributed by atoms with Crippen LogP contribution < -0.4 is 0 Å². The maximum Gasteiger partial charge on any atom is 0.229 e. The maximum absolute atomic E-state index is 13.3. The molecule has 0 spiro atoms. The van der Waals surface area contributed by atoms with Crippen LogP contribution in [-0.4, -0.2) is 46.7 Å². The number of piperidine rings is 1. The smallest absolute Gasteiger partial charge is 0.229 e. The zero-order chi connectivity index (χ0) is 21.8. The van der Waals surface area contributed by atoms with Gasteiger partial charge in [0.25, 0.3) is 0 Å². The summed E-state index contributed by atoms with van der Waals surface area (Å²) in [6, 6.07) is 0.0661. The van der Waals surface area contributed by atoms with Crippen molar-refractivity contribution in [3.05, 3.63) is 0 Å². The molecule has 4 fully saturated rings. The first-order chi connectivity index (χ1) is 14.2. The molecule has 1 saturated heterocycles. The third-order valence-electron chi connectivity index (χ3n) is 9.99. The maximum atomic E-state index is 13.3. The molecule has 30 heavy (non-hydrogen) atoms. The minimum atomic E-state index is -0.0826. The van der Waals surface area contributed by atoms with Crippen LogP contribution in [0.15, 0.2) is 0 Å². The summed E-state index contributed by atoms with van der Waals surface area (Å²) in [6.45, 7) is 12.1. The molecule has 168 valence electrons. The summed E-state index contributed by atoms with van der Waals surface area (Å²) in [5.74, 6) is 2.26. The van der Waals surface area contributed by atoms with Gasteiger partial charge >= 0.3 is 0 Å². The molecule has 0 unspecified atom stereocenters. The number of carbonyl (C=O) groups is 3. The molecule has 3 amide bonds. The highest BCUT2D eigenvalue weighted by Gasteiger charge is 2.62. The number of hydrogen-bond acceptors (Lipinski definition) is 3. The van der Waals surface area contributed by atoms with Crippen LogP contribution in [0.1, 0.15) is 86.0 Å². The second-order valence-electron chi connectivity index (χ2n) is 10.9. The van der Waals surface area contributed by atoms with Crippen molar-refractivity contribution in [3.63, 3.8) is 0 Å². The number of rotatable bonds is 3. The van der Waals surface area contributed by atoms with E-state index in [4.69, 9.17) is 0 Å². The highest BCUT2D eigenvalue weighted by Crippen LogP contribution is 2.66. The Morgan fingerprint density at radius 2 is 1.63 bits per heavy atom.